The number of carbonyl (C=O) groups excluding carboxylic acids is 2. The van der Waals surface area contributed by atoms with Gasteiger partial charge in [-0.2, -0.15) is 0 Å². The van der Waals surface area contributed by atoms with Crippen molar-refractivity contribution in [3.05, 3.63) is 96.1 Å². The van der Waals surface area contributed by atoms with Crippen molar-refractivity contribution < 1.29 is 19.1 Å². The molecule has 0 aliphatic carbocycles. The third-order valence-electron chi connectivity index (χ3n) is 9.32. The minimum atomic E-state index is -0.430. The lowest BCUT2D eigenvalue weighted by Crippen LogP contribution is -2.44. The van der Waals surface area contributed by atoms with Crippen molar-refractivity contribution >= 4 is 24.4 Å². The Morgan fingerprint density at radius 3 is 1.36 bits per heavy atom. The Bertz CT molecular complexity index is 1230. The number of benzene rings is 2. The van der Waals surface area contributed by atoms with Crippen molar-refractivity contribution in [1.29, 1.82) is 0 Å². The quantitative estimate of drug-likeness (QED) is 0.175. The summed E-state index contributed by atoms with van der Waals surface area (Å²) in [7, 11) is 0. The molecule has 6 nitrogen and oxygen atoms in total. The highest BCUT2D eigenvalue weighted by molar-refractivity contribution is 5.78. The first kappa shape index (κ1) is 33.1. The van der Waals surface area contributed by atoms with Crippen molar-refractivity contribution in [2.24, 2.45) is 20.8 Å². The molecule has 44 heavy (non-hydrogen) atoms. The van der Waals surface area contributed by atoms with Gasteiger partial charge in [0.2, 0.25) is 0 Å². The van der Waals surface area contributed by atoms with Crippen LogP contribution < -0.4 is 0 Å². The van der Waals surface area contributed by atoms with Gasteiger partial charge in [0.1, 0.15) is 0 Å². The van der Waals surface area contributed by atoms with Gasteiger partial charge in [-0.25, -0.2) is 0 Å². The van der Waals surface area contributed by atoms with Gasteiger partial charge in [0.05, 0.1) is 37.1 Å². The smallest absolute Gasteiger partial charge is 0.306 e. The van der Waals surface area contributed by atoms with E-state index in [0.29, 0.717) is 0 Å². The van der Waals surface area contributed by atoms with Gasteiger partial charge in [0, 0.05) is 23.3 Å². The number of hydrogen-bond acceptors (Lipinski definition) is 6. The first-order chi connectivity index (χ1) is 21.1. The molecule has 2 aliphatic rings. The summed E-state index contributed by atoms with van der Waals surface area (Å²) in [5.74, 6) is -0.805. The summed E-state index contributed by atoms with van der Waals surface area (Å²) < 4.78 is 11.4. The number of carbonyl (C=O) groups is 2. The van der Waals surface area contributed by atoms with Gasteiger partial charge in [-0.15, -0.1) is 0 Å². The SMILES string of the molecule is CC(C)(COC(=O)CCC(=O)OCC(C)(C)C1(CCCc2ccccc2)C=CC=N1)C1(CCCc2ccccc2)C=CC=N1. The number of esters is 2. The summed E-state index contributed by atoms with van der Waals surface area (Å²) in [4.78, 5) is 35.0. The third-order valence-corrected chi connectivity index (χ3v) is 9.32. The van der Waals surface area contributed by atoms with E-state index in [1.54, 1.807) is 0 Å². The molecule has 2 heterocycles. The predicted octanol–water partition coefficient (Wildman–Crippen LogP) is 7.71. The molecule has 0 bridgehead atoms. The highest BCUT2D eigenvalue weighted by Gasteiger charge is 2.45. The molecule has 0 saturated heterocycles. The molecule has 0 aromatic heterocycles. The van der Waals surface area contributed by atoms with Crippen molar-refractivity contribution in [2.45, 2.75) is 90.1 Å². The van der Waals surface area contributed by atoms with Crippen molar-refractivity contribution in [1.82, 2.24) is 0 Å². The summed E-state index contributed by atoms with van der Waals surface area (Å²) >= 11 is 0. The standard InChI is InChI=1S/C38H48N2O4/c1-35(2,37(25-13-27-39-37)23-11-19-31-15-7-5-8-16-31)29-43-33(41)21-22-34(42)44-30-36(3,4)38(26-14-28-40-38)24-12-20-32-17-9-6-10-18-32/h5-10,13-18,25-28H,11-12,19-24,29-30H2,1-4H3. The second kappa shape index (κ2) is 14.8. The Balaban J connectivity index is 1.21. The highest BCUT2D eigenvalue weighted by Crippen LogP contribution is 2.43. The highest BCUT2D eigenvalue weighted by atomic mass is 16.5. The molecule has 2 atom stereocenters. The average molecular weight is 597 g/mol. The van der Waals surface area contributed by atoms with Gasteiger partial charge < -0.3 is 9.47 Å². The lowest BCUT2D eigenvalue weighted by atomic mass is 9.70. The minimum Gasteiger partial charge on any atom is -0.465 e. The molecule has 2 aromatic rings. The summed E-state index contributed by atoms with van der Waals surface area (Å²) in [6.45, 7) is 8.78. The van der Waals surface area contributed by atoms with E-state index < -0.39 is 33.8 Å². The first-order valence-corrected chi connectivity index (χ1v) is 15.9. The van der Waals surface area contributed by atoms with Gasteiger partial charge in [-0.05, 0) is 61.8 Å². The van der Waals surface area contributed by atoms with Crippen molar-refractivity contribution in [2.75, 3.05) is 13.2 Å². The van der Waals surface area contributed by atoms with Crippen LogP contribution in [0.1, 0.15) is 77.3 Å². The largest absolute Gasteiger partial charge is 0.465 e. The summed E-state index contributed by atoms with van der Waals surface area (Å²) in [6, 6.07) is 20.9. The van der Waals surface area contributed by atoms with Crippen LogP contribution in [-0.4, -0.2) is 48.7 Å². The van der Waals surface area contributed by atoms with Crippen LogP contribution in [0.25, 0.3) is 0 Å². The van der Waals surface area contributed by atoms with Crippen LogP contribution in [-0.2, 0) is 31.9 Å². The zero-order valence-corrected chi connectivity index (χ0v) is 26.8. The molecular weight excluding hydrogens is 548 g/mol. The number of aliphatic imine (C=N–C) groups is 2. The van der Waals surface area contributed by atoms with Crippen LogP contribution in [0.4, 0.5) is 0 Å². The molecule has 2 unspecified atom stereocenters. The molecule has 6 heteroatoms. The van der Waals surface area contributed by atoms with Gasteiger partial charge in [0.25, 0.3) is 0 Å². The van der Waals surface area contributed by atoms with Crippen LogP contribution in [0, 0.1) is 10.8 Å². The number of aryl methyl sites for hydroxylation is 2. The molecule has 2 aliphatic heterocycles. The molecule has 2 aromatic carbocycles. The second-order valence-corrected chi connectivity index (χ2v) is 13.4. The van der Waals surface area contributed by atoms with Gasteiger partial charge in [-0.3, -0.25) is 19.6 Å². The Hall–Kier alpha value is -3.80. The summed E-state index contributed by atoms with van der Waals surface area (Å²) in [6.07, 6.45) is 17.4. The van der Waals surface area contributed by atoms with Gasteiger partial charge >= 0.3 is 11.9 Å². The zero-order valence-electron chi connectivity index (χ0n) is 26.8. The van der Waals surface area contributed by atoms with Crippen molar-refractivity contribution in [3.8, 4) is 0 Å². The Labute approximate surface area is 263 Å². The molecule has 0 saturated carbocycles. The van der Waals surface area contributed by atoms with Crippen LogP contribution in [0.3, 0.4) is 0 Å². The lowest BCUT2D eigenvalue weighted by Gasteiger charge is -2.40. The van der Waals surface area contributed by atoms with Gasteiger partial charge in [-0.1, -0.05) is 101 Å². The maximum atomic E-state index is 12.7. The van der Waals surface area contributed by atoms with Crippen LogP contribution in [0.5, 0.6) is 0 Å². The molecule has 4 rings (SSSR count). The van der Waals surface area contributed by atoms with Crippen LogP contribution in [0.2, 0.25) is 0 Å². The molecular formula is C38H48N2O4. The summed E-state index contributed by atoms with van der Waals surface area (Å²) in [5, 5.41) is 0. The number of nitrogens with zero attached hydrogens (tertiary/aromatic N) is 2. The number of ether oxygens (including phenoxy) is 2. The monoisotopic (exact) mass is 596 g/mol. The fraction of sp³-hybridized carbons (Fsp3) is 0.474. The van der Waals surface area contributed by atoms with Crippen molar-refractivity contribution in [3.63, 3.8) is 0 Å². The van der Waals surface area contributed by atoms with E-state index in [1.807, 2.05) is 36.7 Å². The van der Waals surface area contributed by atoms with E-state index in [9.17, 15) is 9.59 Å². The van der Waals surface area contributed by atoms with Gasteiger partial charge in [0.15, 0.2) is 0 Å². The lowest BCUT2D eigenvalue weighted by molar-refractivity contribution is -0.154. The fourth-order valence-electron chi connectivity index (χ4n) is 6.15. The molecule has 234 valence electrons. The average Bonchev–Trinajstić information content (AvgIpc) is 3.71. The maximum Gasteiger partial charge on any atom is 0.306 e. The first-order valence-electron chi connectivity index (χ1n) is 15.9. The Morgan fingerprint density at radius 1 is 0.636 bits per heavy atom. The molecule has 0 fully saturated rings. The topological polar surface area (TPSA) is 77.3 Å². The zero-order chi connectivity index (χ0) is 31.5. The van der Waals surface area contributed by atoms with Crippen LogP contribution in [0.15, 0.2) is 95.0 Å². The van der Waals surface area contributed by atoms with E-state index in [0.717, 1.165) is 38.5 Å². The van der Waals surface area contributed by atoms with E-state index in [1.165, 1.54) is 11.1 Å². The van der Waals surface area contributed by atoms with E-state index in [-0.39, 0.29) is 26.1 Å². The normalized spacial score (nSPS) is 20.7. The fourth-order valence-corrected chi connectivity index (χ4v) is 6.15. The second-order valence-electron chi connectivity index (χ2n) is 13.4. The molecule has 0 N–H and O–H groups in total. The minimum absolute atomic E-state index is 0.0181. The number of rotatable bonds is 17. The Kier molecular flexibility index (Phi) is 11.1. The predicted molar refractivity (Wildman–Crippen MR) is 178 cm³/mol. The number of hydrogen-bond donors (Lipinski definition) is 0. The third kappa shape index (κ3) is 8.43. The van der Waals surface area contributed by atoms with E-state index in [4.69, 9.17) is 19.5 Å². The molecule has 0 radical (unpaired) electrons. The van der Waals surface area contributed by atoms with Crippen LogP contribution >= 0.6 is 0 Å². The summed E-state index contributed by atoms with van der Waals surface area (Å²) in [5.41, 5.74) is 0.939. The van der Waals surface area contributed by atoms with E-state index in [2.05, 4.69) is 88.4 Å². The molecule has 0 amide bonds. The molecule has 0 spiro atoms. The number of allylic oxidation sites excluding steroid dienone is 2. The Morgan fingerprint density at radius 2 is 1.02 bits per heavy atom. The maximum absolute atomic E-state index is 12.7. The van der Waals surface area contributed by atoms with E-state index >= 15 is 0 Å².